The molecule has 0 aliphatic heterocycles. The molecule has 0 bridgehead atoms. The van der Waals surface area contributed by atoms with Crippen molar-refractivity contribution in [1.82, 2.24) is 0 Å². The van der Waals surface area contributed by atoms with Crippen LogP contribution >= 0.6 is 0 Å². The Balaban J connectivity index is -0.000000902. The molecule has 7 heteroatoms. The van der Waals surface area contributed by atoms with Gasteiger partial charge in [0.25, 0.3) is 0 Å². The van der Waals surface area contributed by atoms with Gasteiger partial charge in [-0.2, -0.15) is 0 Å². The molecule has 0 spiro atoms. The van der Waals surface area contributed by atoms with Crippen molar-refractivity contribution >= 4 is 46.1 Å². The summed E-state index contributed by atoms with van der Waals surface area (Å²) in [6, 6.07) is 13.1. The molecular weight excluding hydrogens is 437 g/mol. The Bertz CT molecular complexity index is 542. The third-order valence-electron chi connectivity index (χ3n) is 2.88. The van der Waals surface area contributed by atoms with Crippen LogP contribution in [0.5, 0.6) is 11.5 Å². The van der Waals surface area contributed by atoms with Crippen LogP contribution in [0.4, 0.5) is 0 Å². The van der Waals surface area contributed by atoms with Gasteiger partial charge in [0.2, 0.25) is 0 Å². The van der Waals surface area contributed by atoms with Gasteiger partial charge in [-0.3, -0.25) is 0 Å². The first-order chi connectivity index (χ1) is 8.66. The van der Waals surface area contributed by atoms with E-state index in [-0.39, 0.29) is 91.6 Å². The average Bonchev–Trinajstić information content (AvgIpc) is 2.37. The standard InChI is InChI=1S/C15H16O3.2BrH.2Mg/c16-12-5-3-4-11(10-12)8-9-15(18)13-6-1-2-7-14(13)17;;;;/h1-7,10,15-18H,8-9H2;2*1H;;/q;;;2*+2/p-4. The molecule has 0 radical (unpaired) electrons. The molecule has 1 N–H and O–H groups in total. The topological polar surface area (TPSA) is 66.3 Å². The van der Waals surface area contributed by atoms with E-state index in [4.69, 9.17) is 0 Å². The molecule has 0 fully saturated rings. The van der Waals surface area contributed by atoms with E-state index in [1.807, 2.05) is 6.07 Å². The quantitative estimate of drug-likeness (QED) is 0.474. The molecule has 1 unspecified atom stereocenters. The summed E-state index contributed by atoms with van der Waals surface area (Å²) in [4.78, 5) is 0. The van der Waals surface area contributed by atoms with Crippen molar-refractivity contribution in [2.45, 2.75) is 18.9 Å². The van der Waals surface area contributed by atoms with Crippen LogP contribution in [0.15, 0.2) is 48.5 Å². The molecule has 1 atom stereocenters. The molecule has 0 aliphatic carbocycles. The molecule has 3 nitrogen and oxygen atoms in total. The summed E-state index contributed by atoms with van der Waals surface area (Å²) < 4.78 is 0. The zero-order chi connectivity index (χ0) is 13.0. The summed E-state index contributed by atoms with van der Waals surface area (Å²) in [5.74, 6) is -0.186. The van der Waals surface area contributed by atoms with Crippen molar-refractivity contribution in [3.05, 3.63) is 59.7 Å². The van der Waals surface area contributed by atoms with Gasteiger partial charge in [0.1, 0.15) is 0 Å². The van der Waals surface area contributed by atoms with Gasteiger partial charge in [-0.05, 0) is 24.0 Å². The van der Waals surface area contributed by atoms with Gasteiger partial charge in [-0.25, -0.2) is 0 Å². The van der Waals surface area contributed by atoms with Gasteiger partial charge >= 0.3 is 46.1 Å². The van der Waals surface area contributed by atoms with Gasteiger partial charge in [-0.15, -0.1) is 11.5 Å². The molecule has 0 aromatic heterocycles. The number of hydrogen-bond donors (Lipinski definition) is 1. The summed E-state index contributed by atoms with van der Waals surface area (Å²) in [6.45, 7) is 0. The maximum atomic E-state index is 11.5. The largest absolute Gasteiger partial charge is 2.00 e. The minimum Gasteiger partial charge on any atom is -1.00 e. The molecule has 2 rings (SSSR count). The number of halogens is 2. The number of hydrogen-bond acceptors (Lipinski definition) is 3. The number of rotatable bonds is 4. The SMILES string of the molecule is [Br-].[Br-].[Mg+2].[Mg+2].[O-]c1cccc(CCC(O)c2ccccc2[O-])c1. The number of benzene rings is 2. The second-order valence-electron chi connectivity index (χ2n) is 4.24. The van der Waals surface area contributed by atoms with Gasteiger partial charge in [0, 0.05) is 0 Å². The fraction of sp³-hybridized carbons (Fsp3) is 0.200. The van der Waals surface area contributed by atoms with E-state index in [9.17, 15) is 15.3 Å². The second-order valence-corrected chi connectivity index (χ2v) is 4.24. The normalized spacial score (nSPS) is 10.0. The van der Waals surface area contributed by atoms with E-state index < -0.39 is 6.10 Å². The van der Waals surface area contributed by atoms with E-state index in [1.54, 1.807) is 30.3 Å². The summed E-state index contributed by atoms with van der Waals surface area (Å²) >= 11 is 0. The van der Waals surface area contributed by atoms with Crippen LogP contribution in [0, 0.1) is 0 Å². The maximum Gasteiger partial charge on any atom is 2.00 e. The van der Waals surface area contributed by atoms with E-state index in [1.165, 1.54) is 12.1 Å². The van der Waals surface area contributed by atoms with Crippen molar-refractivity contribution < 1.29 is 49.3 Å². The Kier molecular flexibility index (Phi) is 17.3. The number of para-hydroxylation sites is 1. The smallest absolute Gasteiger partial charge is 1.00 e. The molecule has 2 aromatic carbocycles. The fourth-order valence-corrected chi connectivity index (χ4v) is 1.92. The number of aliphatic hydroxyl groups excluding tert-OH is 1. The molecule has 0 heterocycles. The monoisotopic (exact) mass is 448 g/mol. The molecule has 0 aliphatic rings. The summed E-state index contributed by atoms with van der Waals surface area (Å²) in [5, 5.41) is 32.6. The van der Waals surface area contributed by atoms with Gasteiger partial charge in [0.15, 0.2) is 0 Å². The minimum absolute atomic E-state index is 0. The first-order valence-corrected chi connectivity index (χ1v) is 5.87. The molecule has 110 valence electrons. The number of aliphatic hydroxyl groups is 1. The molecule has 0 amide bonds. The Morgan fingerprint density at radius 1 is 0.909 bits per heavy atom. The van der Waals surface area contributed by atoms with E-state index in [0.29, 0.717) is 18.4 Å². The van der Waals surface area contributed by atoms with Crippen LogP contribution in [-0.4, -0.2) is 51.2 Å². The molecule has 0 saturated heterocycles. The Labute approximate surface area is 184 Å². The van der Waals surface area contributed by atoms with Gasteiger partial charge < -0.3 is 49.3 Å². The van der Waals surface area contributed by atoms with Crippen LogP contribution in [0.25, 0.3) is 0 Å². The second kappa shape index (κ2) is 13.9. The zero-order valence-corrected chi connectivity index (χ0v) is 18.0. The molecule has 2 aromatic rings. The predicted molar refractivity (Wildman–Crippen MR) is 76.6 cm³/mol. The maximum absolute atomic E-state index is 11.5. The molecule has 22 heavy (non-hydrogen) atoms. The van der Waals surface area contributed by atoms with Crippen molar-refractivity contribution in [3.8, 4) is 11.5 Å². The first-order valence-electron chi connectivity index (χ1n) is 5.87. The third-order valence-corrected chi connectivity index (χ3v) is 2.88. The van der Waals surface area contributed by atoms with Crippen LogP contribution < -0.4 is 44.2 Å². The molecule has 0 saturated carbocycles. The van der Waals surface area contributed by atoms with Crippen molar-refractivity contribution in [2.75, 3.05) is 0 Å². The first kappa shape index (κ1) is 27.3. The van der Waals surface area contributed by atoms with Crippen LogP contribution in [-0.2, 0) is 6.42 Å². The van der Waals surface area contributed by atoms with E-state index in [2.05, 4.69) is 0 Å². The van der Waals surface area contributed by atoms with Crippen LogP contribution in [0.1, 0.15) is 23.7 Å². The van der Waals surface area contributed by atoms with E-state index in [0.717, 1.165) is 5.56 Å². The Hall–Kier alpha value is 0.492. The average molecular weight is 451 g/mol. The predicted octanol–water partition coefficient (Wildman–Crippen LogP) is -5.25. The summed E-state index contributed by atoms with van der Waals surface area (Å²) in [5.41, 5.74) is 1.29. The van der Waals surface area contributed by atoms with E-state index >= 15 is 0 Å². The summed E-state index contributed by atoms with van der Waals surface area (Å²) in [6.07, 6.45) is 0.225. The van der Waals surface area contributed by atoms with Crippen LogP contribution in [0.2, 0.25) is 0 Å². The van der Waals surface area contributed by atoms with Gasteiger partial charge in [0.05, 0.1) is 6.10 Å². The van der Waals surface area contributed by atoms with Crippen molar-refractivity contribution in [3.63, 3.8) is 0 Å². The van der Waals surface area contributed by atoms with Crippen molar-refractivity contribution in [1.29, 1.82) is 0 Å². The van der Waals surface area contributed by atoms with Crippen LogP contribution in [0.3, 0.4) is 0 Å². The van der Waals surface area contributed by atoms with Crippen molar-refractivity contribution in [2.24, 2.45) is 0 Å². The zero-order valence-electron chi connectivity index (χ0n) is 12.0. The Morgan fingerprint density at radius 3 is 2.14 bits per heavy atom. The minimum atomic E-state index is -0.783. The van der Waals surface area contributed by atoms with Gasteiger partial charge in [-0.1, -0.05) is 48.5 Å². The molecular formula is C15H14Br2Mg2O3. The Morgan fingerprint density at radius 2 is 1.55 bits per heavy atom. The number of aryl methyl sites for hydroxylation is 1. The third kappa shape index (κ3) is 8.37. The fourth-order valence-electron chi connectivity index (χ4n) is 1.92. The summed E-state index contributed by atoms with van der Waals surface area (Å²) in [7, 11) is 0.